The fraction of sp³-hybridized carbons (Fsp3) is 0.440. The van der Waals surface area contributed by atoms with Crippen molar-refractivity contribution in [3.05, 3.63) is 59.2 Å². The topological polar surface area (TPSA) is 71.3 Å². The van der Waals surface area contributed by atoms with Crippen LogP contribution in [0.15, 0.2) is 42.5 Å². The van der Waals surface area contributed by atoms with Crippen molar-refractivity contribution in [1.82, 2.24) is 5.32 Å². The largest absolute Gasteiger partial charge is 0.493 e. The predicted octanol–water partition coefficient (Wildman–Crippen LogP) is 4.83. The molecule has 0 aromatic heterocycles. The van der Waals surface area contributed by atoms with Gasteiger partial charge < -0.3 is 14.8 Å². The molecule has 1 saturated carbocycles. The van der Waals surface area contributed by atoms with Gasteiger partial charge in [-0.2, -0.15) is 5.26 Å². The van der Waals surface area contributed by atoms with Crippen molar-refractivity contribution in [3.63, 3.8) is 0 Å². The first kappa shape index (κ1) is 21.7. The van der Waals surface area contributed by atoms with Gasteiger partial charge in [0.1, 0.15) is 5.54 Å². The number of amides is 1. The van der Waals surface area contributed by atoms with E-state index in [0.717, 1.165) is 19.3 Å². The van der Waals surface area contributed by atoms with Gasteiger partial charge in [-0.3, -0.25) is 4.79 Å². The molecule has 1 fully saturated rings. The summed E-state index contributed by atoms with van der Waals surface area (Å²) in [5, 5.41) is 12.7. The average molecular weight is 407 g/mol. The molecule has 1 N–H and O–H groups in total. The fourth-order valence-electron chi connectivity index (χ4n) is 3.89. The standard InChI is InChI=1S/C25H30N2O3/c1-18-9-12-25(17-26,13-10-18)27-24(28)21-7-8-22(29-3)23(16-21)30-14-11-20-6-4-5-19(2)15-20/h4-8,15-16,18H,9-14H2,1-3H3,(H,27,28). The van der Waals surface area contributed by atoms with E-state index in [0.29, 0.717) is 42.4 Å². The lowest BCUT2D eigenvalue weighted by Crippen LogP contribution is -2.49. The van der Waals surface area contributed by atoms with Crippen LogP contribution in [-0.4, -0.2) is 25.2 Å². The summed E-state index contributed by atoms with van der Waals surface area (Å²) in [5.41, 5.74) is 2.10. The third kappa shape index (κ3) is 5.33. The molecule has 0 saturated heterocycles. The monoisotopic (exact) mass is 406 g/mol. The minimum absolute atomic E-state index is 0.253. The fourth-order valence-corrected chi connectivity index (χ4v) is 3.89. The van der Waals surface area contributed by atoms with E-state index in [-0.39, 0.29) is 5.91 Å². The van der Waals surface area contributed by atoms with Gasteiger partial charge in [0.25, 0.3) is 5.91 Å². The van der Waals surface area contributed by atoms with Crippen molar-refractivity contribution in [2.24, 2.45) is 5.92 Å². The smallest absolute Gasteiger partial charge is 0.252 e. The number of methoxy groups -OCH3 is 1. The number of aryl methyl sites for hydroxylation is 1. The van der Waals surface area contributed by atoms with Gasteiger partial charge in [-0.15, -0.1) is 0 Å². The van der Waals surface area contributed by atoms with Gasteiger partial charge in [0.2, 0.25) is 0 Å². The first-order valence-corrected chi connectivity index (χ1v) is 10.5. The quantitative estimate of drug-likeness (QED) is 0.715. The number of nitriles is 1. The number of carbonyl (C=O) groups excluding carboxylic acids is 1. The summed E-state index contributed by atoms with van der Waals surface area (Å²) in [6.45, 7) is 4.73. The molecule has 1 aliphatic carbocycles. The molecule has 5 nitrogen and oxygen atoms in total. The normalized spacial score (nSPS) is 20.8. The lowest BCUT2D eigenvalue weighted by molar-refractivity contribution is 0.0893. The molecule has 0 spiro atoms. The van der Waals surface area contributed by atoms with Gasteiger partial charge in [0.05, 0.1) is 19.8 Å². The second-order valence-electron chi connectivity index (χ2n) is 8.28. The van der Waals surface area contributed by atoms with Crippen LogP contribution < -0.4 is 14.8 Å². The van der Waals surface area contributed by atoms with Crippen LogP contribution in [0, 0.1) is 24.2 Å². The summed E-state index contributed by atoms with van der Waals surface area (Å²) in [5.74, 6) is 1.45. The molecular weight excluding hydrogens is 376 g/mol. The van der Waals surface area contributed by atoms with Gasteiger partial charge >= 0.3 is 0 Å². The van der Waals surface area contributed by atoms with Gasteiger partial charge in [-0.05, 0) is 62.3 Å². The molecule has 0 atom stereocenters. The maximum absolute atomic E-state index is 12.9. The Morgan fingerprint density at radius 3 is 2.63 bits per heavy atom. The SMILES string of the molecule is COc1ccc(C(=O)NC2(C#N)CCC(C)CC2)cc1OCCc1cccc(C)c1. The molecule has 2 aromatic rings. The highest BCUT2D eigenvalue weighted by atomic mass is 16.5. The predicted molar refractivity (Wildman–Crippen MR) is 117 cm³/mol. The van der Waals surface area contributed by atoms with Crippen LogP contribution in [0.4, 0.5) is 0 Å². The minimum atomic E-state index is -0.782. The number of nitrogens with one attached hydrogen (secondary N) is 1. The van der Waals surface area contributed by atoms with Crippen LogP contribution in [0.3, 0.4) is 0 Å². The Hall–Kier alpha value is -3.00. The van der Waals surface area contributed by atoms with E-state index >= 15 is 0 Å². The highest BCUT2D eigenvalue weighted by Gasteiger charge is 2.36. The molecule has 0 unspecified atom stereocenters. The van der Waals surface area contributed by atoms with E-state index in [1.54, 1.807) is 25.3 Å². The van der Waals surface area contributed by atoms with Crippen LogP contribution in [0.5, 0.6) is 11.5 Å². The summed E-state index contributed by atoms with van der Waals surface area (Å²) < 4.78 is 11.3. The Morgan fingerprint density at radius 2 is 1.97 bits per heavy atom. The Balaban J connectivity index is 1.68. The number of ether oxygens (including phenoxy) is 2. The minimum Gasteiger partial charge on any atom is -0.493 e. The Labute approximate surface area is 179 Å². The Morgan fingerprint density at radius 1 is 1.20 bits per heavy atom. The van der Waals surface area contributed by atoms with E-state index in [2.05, 4.69) is 43.4 Å². The summed E-state index contributed by atoms with van der Waals surface area (Å²) >= 11 is 0. The van der Waals surface area contributed by atoms with Crippen molar-refractivity contribution < 1.29 is 14.3 Å². The van der Waals surface area contributed by atoms with Crippen molar-refractivity contribution in [1.29, 1.82) is 5.26 Å². The van der Waals surface area contributed by atoms with Crippen LogP contribution in [0.1, 0.15) is 54.1 Å². The van der Waals surface area contributed by atoms with E-state index < -0.39 is 5.54 Å². The molecule has 30 heavy (non-hydrogen) atoms. The molecule has 5 heteroatoms. The summed E-state index contributed by atoms with van der Waals surface area (Å²) in [6.07, 6.45) is 4.03. The van der Waals surface area contributed by atoms with Crippen molar-refractivity contribution >= 4 is 5.91 Å². The summed E-state index contributed by atoms with van der Waals surface area (Å²) in [4.78, 5) is 12.9. The molecule has 0 aliphatic heterocycles. The lowest BCUT2D eigenvalue weighted by Gasteiger charge is -2.34. The van der Waals surface area contributed by atoms with Crippen LogP contribution in [0.25, 0.3) is 0 Å². The number of benzene rings is 2. The number of hydrogen-bond acceptors (Lipinski definition) is 4. The first-order chi connectivity index (χ1) is 14.4. The third-order valence-electron chi connectivity index (χ3n) is 5.85. The average Bonchev–Trinajstić information content (AvgIpc) is 2.75. The molecule has 158 valence electrons. The van der Waals surface area contributed by atoms with E-state index in [4.69, 9.17) is 9.47 Å². The highest BCUT2D eigenvalue weighted by molar-refractivity contribution is 5.95. The first-order valence-electron chi connectivity index (χ1n) is 10.5. The Bertz CT molecular complexity index is 924. The Kier molecular flexibility index (Phi) is 6.99. The van der Waals surface area contributed by atoms with Crippen molar-refractivity contribution in [3.8, 4) is 17.6 Å². The van der Waals surface area contributed by atoms with Crippen molar-refractivity contribution in [2.45, 2.75) is 51.5 Å². The van der Waals surface area contributed by atoms with Crippen LogP contribution in [0.2, 0.25) is 0 Å². The maximum Gasteiger partial charge on any atom is 0.252 e. The zero-order valence-corrected chi connectivity index (χ0v) is 18.0. The number of nitrogens with zero attached hydrogens (tertiary/aromatic N) is 1. The molecule has 1 amide bonds. The van der Waals surface area contributed by atoms with Crippen LogP contribution in [-0.2, 0) is 6.42 Å². The second-order valence-corrected chi connectivity index (χ2v) is 8.28. The number of rotatable bonds is 7. The van der Waals surface area contributed by atoms with E-state index in [1.165, 1.54) is 11.1 Å². The molecule has 0 radical (unpaired) electrons. The zero-order chi connectivity index (χ0) is 21.6. The number of hydrogen-bond donors (Lipinski definition) is 1. The maximum atomic E-state index is 12.9. The second kappa shape index (κ2) is 9.67. The number of carbonyl (C=O) groups is 1. The van der Waals surface area contributed by atoms with Crippen LogP contribution >= 0.6 is 0 Å². The lowest BCUT2D eigenvalue weighted by atomic mass is 9.78. The van der Waals surface area contributed by atoms with E-state index in [9.17, 15) is 10.1 Å². The zero-order valence-electron chi connectivity index (χ0n) is 18.0. The van der Waals surface area contributed by atoms with Gasteiger partial charge in [0, 0.05) is 12.0 Å². The summed E-state index contributed by atoms with van der Waals surface area (Å²) in [6, 6.07) is 15.8. The third-order valence-corrected chi connectivity index (χ3v) is 5.85. The molecule has 0 bridgehead atoms. The molecule has 3 rings (SSSR count). The highest BCUT2D eigenvalue weighted by Crippen LogP contribution is 2.33. The van der Waals surface area contributed by atoms with Gasteiger partial charge in [-0.1, -0.05) is 36.8 Å². The van der Waals surface area contributed by atoms with Gasteiger partial charge in [-0.25, -0.2) is 0 Å². The summed E-state index contributed by atoms with van der Waals surface area (Å²) in [7, 11) is 1.58. The van der Waals surface area contributed by atoms with Gasteiger partial charge in [0.15, 0.2) is 11.5 Å². The molecule has 2 aromatic carbocycles. The van der Waals surface area contributed by atoms with E-state index in [1.807, 2.05) is 6.07 Å². The molecular formula is C25H30N2O3. The molecule has 0 heterocycles. The van der Waals surface area contributed by atoms with Crippen molar-refractivity contribution in [2.75, 3.05) is 13.7 Å². The molecule has 1 aliphatic rings.